The van der Waals surface area contributed by atoms with E-state index in [9.17, 15) is 5.11 Å². The van der Waals surface area contributed by atoms with Crippen molar-refractivity contribution in [3.63, 3.8) is 0 Å². The summed E-state index contributed by atoms with van der Waals surface area (Å²) >= 11 is 0. The van der Waals surface area contributed by atoms with Crippen molar-refractivity contribution in [1.82, 2.24) is 29.5 Å². The van der Waals surface area contributed by atoms with Crippen molar-refractivity contribution < 1.29 is 5.11 Å². The van der Waals surface area contributed by atoms with Crippen LogP contribution in [0, 0.1) is 5.92 Å². The van der Waals surface area contributed by atoms with E-state index in [0.29, 0.717) is 12.0 Å². The molecule has 3 aliphatic rings. The molecule has 0 amide bonds. The summed E-state index contributed by atoms with van der Waals surface area (Å²) in [5.41, 5.74) is 4.29. The Kier molecular flexibility index (Phi) is 7.14. The van der Waals surface area contributed by atoms with Gasteiger partial charge in [-0.05, 0) is 57.6 Å². The average molecular weight is 504 g/mol. The van der Waals surface area contributed by atoms with Crippen LogP contribution in [0.15, 0.2) is 30.5 Å². The maximum Gasteiger partial charge on any atom is 0.224 e. The summed E-state index contributed by atoms with van der Waals surface area (Å²) in [4.78, 5) is 14.6. The lowest BCUT2D eigenvalue weighted by atomic mass is 9.93. The van der Waals surface area contributed by atoms with E-state index < -0.39 is 0 Å². The second kappa shape index (κ2) is 10.7. The Hall–Kier alpha value is -2.55. The number of hydrogen-bond donors (Lipinski definition) is 2. The molecule has 0 radical (unpaired) electrons. The number of nitrogens with one attached hydrogen (secondary N) is 1. The van der Waals surface area contributed by atoms with E-state index in [1.807, 2.05) is 6.20 Å². The molecule has 1 aromatic carbocycles. The SMILES string of the molecule is C[C@@H](CC1CC1)Nc1ncc2c(-c3ccc(CN4CCN(C)CC4)cc3)nn(C3CCC(O)CC3)c2n1. The molecule has 198 valence electrons. The molecule has 2 N–H and O–H groups in total. The largest absolute Gasteiger partial charge is 0.393 e. The van der Waals surface area contributed by atoms with Crippen molar-refractivity contribution in [3.05, 3.63) is 36.0 Å². The summed E-state index contributed by atoms with van der Waals surface area (Å²) < 4.78 is 2.12. The highest BCUT2D eigenvalue weighted by Crippen LogP contribution is 2.36. The first-order chi connectivity index (χ1) is 18.0. The standard InChI is InChI=1S/C29H41N7O/c1-20(17-21-3-4-21)31-29-30-18-26-27(33-36(28(26)32-29)24-9-11-25(37)12-10-24)23-7-5-22(6-8-23)19-35-15-13-34(2)14-16-35/h5-8,18,20-21,24-25,37H,3-4,9-17,19H2,1-2H3,(H,30,31,32)/t20-,24?,25?/m0/s1. The molecule has 2 aliphatic carbocycles. The molecule has 1 aliphatic heterocycles. The number of rotatable bonds is 8. The van der Waals surface area contributed by atoms with Crippen LogP contribution in [-0.4, -0.2) is 80.0 Å². The number of aliphatic hydroxyl groups is 1. The third kappa shape index (κ3) is 5.81. The zero-order valence-corrected chi connectivity index (χ0v) is 22.3. The maximum absolute atomic E-state index is 10.1. The first-order valence-electron chi connectivity index (χ1n) is 14.2. The minimum absolute atomic E-state index is 0.194. The number of aromatic nitrogens is 4. The van der Waals surface area contributed by atoms with E-state index in [1.165, 1.54) is 24.8 Å². The highest BCUT2D eigenvalue weighted by molar-refractivity contribution is 5.91. The van der Waals surface area contributed by atoms with Gasteiger partial charge in [-0.1, -0.05) is 37.1 Å². The average Bonchev–Trinajstić information content (AvgIpc) is 3.64. The van der Waals surface area contributed by atoms with E-state index in [0.717, 1.165) is 86.6 Å². The van der Waals surface area contributed by atoms with Crippen molar-refractivity contribution in [2.24, 2.45) is 5.92 Å². The van der Waals surface area contributed by atoms with E-state index in [1.54, 1.807) is 0 Å². The monoisotopic (exact) mass is 503 g/mol. The zero-order chi connectivity index (χ0) is 25.4. The molecule has 2 aromatic heterocycles. The fourth-order valence-electron chi connectivity index (χ4n) is 5.93. The minimum Gasteiger partial charge on any atom is -0.393 e. The molecule has 37 heavy (non-hydrogen) atoms. The van der Waals surface area contributed by atoms with E-state index in [4.69, 9.17) is 15.1 Å². The van der Waals surface area contributed by atoms with Crippen molar-refractivity contribution >= 4 is 17.0 Å². The van der Waals surface area contributed by atoms with Crippen LogP contribution in [0.3, 0.4) is 0 Å². The number of piperazine rings is 1. The van der Waals surface area contributed by atoms with E-state index in [2.05, 4.69) is 58.0 Å². The Bertz CT molecular complexity index is 1190. The molecule has 8 heteroatoms. The van der Waals surface area contributed by atoms with Crippen LogP contribution >= 0.6 is 0 Å². The van der Waals surface area contributed by atoms with Gasteiger partial charge >= 0.3 is 0 Å². The van der Waals surface area contributed by atoms with Gasteiger partial charge in [0.1, 0.15) is 5.69 Å². The zero-order valence-electron chi connectivity index (χ0n) is 22.3. The maximum atomic E-state index is 10.1. The lowest BCUT2D eigenvalue weighted by Crippen LogP contribution is -2.43. The highest BCUT2D eigenvalue weighted by Gasteiger charge is 2.27. The van der Waals surface area contributed by atoms with Crippen LogP contribution < -0.4 is 5.32 Å². The molecular formula is C29H41N7O. The molecule has 0 spiro atoms. The Labute approximate surface area is 220 Å². The molecule has 8 nitrogen and oxygen atoms in total. The second-order valence-electron chi connectivity index (χ2n) is 11.7. The van der Waals surface area contributed by atoms with E-state index >= 15 is 0 Å². The summed E-state index contributed by atoms with van der Waals surface area (Å²) in [7, 11) is 2.20. The van der Waals surface area contributed by atoms with Crippen LogP contribution in [0.1, 0.15) is 63.5 Å². The Morgan fingerprint density at radius 2 is 1.73 bits per heavy atom. The topological polar surface area (TPSA) is 82.3 Å². The van der Waals surface area contributed by atoms with Gasteiger partial charge in [0.15, 0.2) is 5.65 Å². The number of aliphatic hydroxyl groups excluding tert-OH is 1. The number of benzene rings is 1. The van der Waals surface area contributed by atoms with Crippen LogP contribution in [0.25, 0.3) is 22.3 Å². The highest BCUT2D eigenvalue weighted by atomic mass is 16.3. The third-order valence-corrected chi connectivity index (χ3v) is 8.45. The summed E-state index contributed by atoms with van der Waals surface area (Å²) in [5.74, 6) is 1.54. The molecule has 1 saturated heterocycles. The van der Waals surface area contributed by atoms with Gasteiger partial charge in [0.25, 0.3) is 0 Å². The molecule has 3 heterocycles. The lowest BCUT2D eigenvalue weighted by molar-refractivity contribution is 0.109. The molecule has 1 atom stereocenters. The van der Waals surface area contributed by atoms with Gasteiger partial charge in [0.2, 0.25) is 5.95 Å². The quantitative estimate of drug-likeness (QED) is 0.474. The third-order valence-electron chi connectivity index (χ3n) is 8.45. The van der Waals surface area contributed by atoms with Crippen molar-refractivity contribution in [2.45, 2.75) is 76.6 Å². The number of fused-ring (bicyclic) bond motifs is 1. The predicted molar refractivity (Wildman–Crippen MR) is 147 cm³/mol. The van der Waals surface area contributed by atoms with E-state index in [-0.39, 0.29) is 12.1 Å². The smallest absolute Gasteiger partial charge is 0.224 e. The Balaban J connectivity index is 1.27. The molecule has 2 saturated carbocycles. The van der Waals surface area contributed by atoms with Crippen LogP contribution in [0.2, 0.25) is 0 Å². The molecule has 6 rings (SSSR count). The van der Waals surface area contributed by atoms with Crippen molar-refractivity contribution in [2.75, 3.05) is 38.5 Å². The molecule has 0 bridgehead atoms. The van der Waals surface area contributed by atoms with Gasteiger partial charge in [0.05, 0.1) is 17.5 Å². The fraction of sp³-hybridized carbons (Fsp3) is 0.621. The molecule has 0 unspecified atom stereocenters. The molecular weight excluding hydrogens is 462 g/mol. The second-order valence-corrected chi connectivity index (χ2v) is 11.7. The van der Waals surface area contributed by atoms with Gasteiger partial charge in [-0.15, -0.1) is 0 Å². The summed E-state index contributed by atoms with van der Waals surface area (Å²) in [6.07, 6.45) is 9.11. The minimum atomic E-state index is -0.194. The number of likely N-dealkylation sites (N-methyl/N-ethyl adjacent to an activating group) is 1. The van der Waals surface area contributed by atoms with Gasteiger partial charge < -0.3 is 15.3 Å². The Morgan fingerprint density at radius 1 is 1.00 bits per heavy atom. The number of anilines is 1. The Morgan fingerprint density at radius 3 is 2.43 bits per heavy atom. The van der Waals surface area contributed by atoms with Crippen LogP contribution in [0.4, 0.5) is 5.95 Å². The lowest BCUT2D eigenvalue weighted by Gasteiger charge is -2.32. The summed E-state index contributed by atoms with van der Waals surface area (Å²) in [5, 5.41) is 19.7. The van der Waals surface area contributed by atoms with Crippen molar-refractivity contribution in [3.8, 4) is 11.3 Å². The molecule has 3 fully saturated rings. The first kappa shape index (κ1) is 24.8. The van der Waals surface area contributed by atoms with Crippen molar-refractivity contribution in [1.29, 1.82) is 0 Å². The number of nitrogens with zero attached hydrogens (tertiary/aromatic N) is 6. The van der Waals surface area contributed by atoms with Crippen LogP contribution in [-0.2, 0) is 6.54 Å². The summed E-state index contributed by atoms with van der Waals surface area (Å²) in [6, 6.07) is 9.50. The fourth-order valence-corrected chi connectivity index (χ4v) is 5.93. The van der Waals surface area contributed by atoms with Gasteiger partial charge in [-0.3, -0.25) is 4.90 Å². The van der Waals surface area contributed by atoms with Crippen LogP contribution in [0.5, 0.6) is 0 Å². The number of hydrogen-bond acceptors (Lipinski definition) is 7. The van der Waals surface area contributed by atoms with Gasteiger partial charge in [-0.2, -0.15) is 10.1 Å². The van der Waals surface area contributed by atoms with Gasteiger partial charge in [0, 0.05) is 50.5 Å². The predicted octanol–water partition coefficient (Wildman–Crippen LogP) is 4.32. The normalized spacial score (nSPS) is 24.4. The van der Waals surface area contributed by atoms with Gasteiger partial charge in [-0.25, -0.2) is 9.67 Å². The summed E-state index contributed by atoms with van der Waals surface area (Å²) in [6.45, 7) is 7.73. The first-order valence-corrected chi connectivity index (χ1v) is 14.2. The molecule has 3 aromatic rings.